The van der Waals surface area contributed by atoms with Crippen molar-refractivity contribution in [3.8, 4) is 0 Å². The summed E-state index contributed by atoms with van der Waals surface area (Å²) in [6.45, 7) is 6.42. The van der Waals surface area contributed by atoms with E-state index in [4.69, 9.17) is 12.2 Å². The van der Waals surface area contributed by atoms with E-state index in [1.54, 1.807) is 0 Å². The topological polar surface area (TPSA) is 36.1 Å². The van der Waals surface area contributed by atoms with Crippen molar-refractivity contribution in [3.05, 3.63) is 0 Å². The molecule has 3 N–H and O–H groups in total. The lowest BCUT2D eigenvalue weighted by Gasteiger charge is -2.25. The molecule has 4 heteroatoms. The minimum absolute atomic E-state index is 0.0903. The fourth-order valence-electron chi connectivity index (χ4n) is 1.39. The molecule has 0 saturated carbocycles. The Balaban J connectivity index is 2.63. The van der Waals surface area contributed by atoms with Crippen LogP contribution in [0.25, 0.3) is 0 Å². The Morgan fingerprint density at radius 1 is 1.55 bits per heavy atom. The standard InChI is InChI=1S/C7H15N3S/c1-5-4-7(2,3)8-6(11)10-9-5/h5,9H,4H2,1-3H3,(H2,8,10,11)/t5-/m0/s1. The van der Waals surface area contributed by atoms with Crippen molar-refractivity contribution in [2.75, 3.05) is 0 Å². The molecule has 0 aliphatic carbocycles. The summed E-state index contributed by atoms with van der Waals surface area (Å²) in [5.74, 6) is 0. The van der Waals surface area contributed by atoms with E-state index in [0.717, 1.165) is 6.42 Å². The highest BCUT2D eigenvalue weighted by molar-refractivity contribution is 7.80. The lowest BCUT2D eigenvalue weighted by Crippen LogP contribution is -2.46. The smallest absolute Gasteiger partial charge is 0.181 e. The lowest BCUT2D eigenvalue weighted by molar-refractivity contribution is 0.380. The summed E-state index contributed by atoms with van der Waals surface area (Å²) in [7, 11) is 0. The summed E-state index contributed by atoms with van der Waals surface area (Å²) in [6.07, 6.45) is 1.06. The van der Waals surface area contributed by atoms with Crippen molar-refractivity contribution in [2.24, 2.45) is 0 Å². The molecule has 1 rings (SSSR count). The van der Waals surface area contributed by atoms with Gasteiger partial charge in [0.2, 0.25) is 0 Å². The van der Waals surface area contributed by atoms with E-state index >= 15 is 0 Å². The highest BCUT2D eigenvalue weighted by Crippen LogP contribution is 2.12. The molecule has 0 amide bonds. The molecule has 0 aromatic carbocycles. The summed E-state index contributed by atoms with van der Waals surface area (Å²) in [5, 5.41) is 3.89. The molecule has 0 unspecified atom stereocenters. The molecule has 0 aromatic heterocycles. The van der Waals surface area contributed by atoms with Gasteiger partial charge in [-0.1, -0.05) is 0 Å². The predicted molar refractivity (Wildman–Crippen MR) is 50.2 cm³/mol. The second-order valence-electron chi connectivity index (χ2n) is 3.71. The third kappa shape index (κ3) is 2.63. The first-order chi connectivity index (χ1) is 4.99. The van der Waals surface area contributed by atoms with Gasteiger partial charge in [0.05, 0.1) is 0 Å². The minimum atomic E-state index is 0.0903. The zero-order chi connectivity index (χ0) is 8.48. The predicted octanol–water partition coefficient (Wildman–Crippen LogP) is 0.526. The van der Waals surface area contributed by atoms with Crippen LogP contribution in [0.3, 0.4) is 0 Å². The van der Waals surface area contributed by atoms with Gasteiger partial charge in [0.25, 0.3) is 0 Å². The summed E-state index contributed by atoms with van der Waals surface area (Å²) >= 11 is 5.01. The van der Waals surface area contributed by atoms with Crippen LogP contribution in [0.15, 0.2) is 0 Å². The first-order valence-corrected chi connectivity index (χ1v) is 4.24. The van der Waals surface area contributed by atoms with Gasteiger partial charge >= 0.3 is 0 Å². The Bertz CT molecular complexity index is 167. The van der Waals surface area contributed by atoms with Crippen LogP contribution >= 0.6 is 12.2 Å². The van der Waals surface area contributed by atoms with Gasteiger partial charge in [-0.25, -0.2) is 5.43 Å². The number of rotatable bonds is 0. The number of hydrazine groups is 1. The van der Waals surface area contributed by atoms with E-state index < -0.39 is 0 Å². The third-order valence-corrected chi connectivity index (χ3v) is 1.90. The quantitative estimate of drug-likeness (QED) is 0.467. The maximum absolute atomic E-state index is 5.01. The van der Waals surface area contributed by atoms with E-state index in [1.807, 2.05) is 0 Å². The maximum Gasteiger partial charge on any atom is 0.181 e. The average Bonchev–Trinajstić information content (AvgIpc) is 1.89. The largest absolute Gasteiger partial charge is 0.357 e. The van der Waals surface area contributed by atoms with Crippen molar-refractivity contribution in [1.82, 2.24) is 16.2 Å². The summed E-state index contributed by atoms with van der Waals surface area (Å²) in [4.78, 5) is 0. The summed E-state index contributed by atoms with van der Waals surface area (Å²) in [5.41, 5.74) is 6.11. The zero-order valence-electron chi connectivity index (χ0n) is 7.19. The maximum atomic E-state index is 5.01. The Kier molecular flexibility index (Phi) is 2.34. The molecular weight excluding hydrogens is 158 g/mol. The van der Waals surface area contributed by atoms with Crippen molar-refractivity contribution >= 4 is 17.3 Å². The van der Waals surface area contributed by atoms with Crippen LogP contribution in [0.1, 0.15) is 27.2 Å². The molecule has 0 radical (unpaired) electrons. The van der Waals surface area contributed by atoms with Gasteiger partial charge < -0.3 is 5.32 Å². The molecule has 1 fully saturated rings. The lowest BCUT2D eigenvalue weighted by atomic mass is 9.97. The first kappa shape index (κ1) is 8.74. The van der Waals surface area contributed by atoms with Gasteiger partial charge in [0, 0.05) is 11.6 Å². The van der Waals surface area contributed by atoms with E-state index in [-0.39, 0.29) is 5.54 Å². The van der Waals surface area contributed by atoms with Gasteiger partial charge in [0.1, 0.15) is 0 Å². The second kappa shape index (κ2) is 2.95. The van der Waals surface area contributed by atoms with Crippen molar-refractivity contribution in [3.63, 3.8) is 0 Å². The Morgan fingerprint density at radius 3 is 2.82 bits per heavy atom. The van der Waals surface area contributed by atoms with Crippen molar-refractivity contribution < 1.29 is 0 Å². The Hall–Kier alpha value is -0.350. The van der Waals surface area contributed by atoms with Crippen LogP contribution in [0.5, 0.6) is 0 Å². The molecule has 1 aliphatic rings. The molecule has 0 bridgehead atoms. The van der Waals surface area contributed by atoms with Crippen LogP contribution < -0.4 is 16.2 Å². The molecule has 0 aromatic rings. The van der Waals surface area contributed by atoms with Crippen LogP contribution in [-0.4, -0.2) is 16.7 Å². The SMILES string of the molecule is C[C@H]1CC(C)(C)NC(=S)NN1. The number of hydrogen-bond donors (Lipinski definition) is 3. The Labute approximate surface area is 72.9 Å². The van der Waals surface area contributed by atoms with E-state index in [1.165, 1.54) is 0 Å². The molecule has 3 nitrogen and oxygen atoms in total. The number of thiocarbonyl (C=S) groups is 1. The normalized spacial score (nSPS) is 30.1. The molecule has 1 saturated heterocycles. The Morgan fingerprint density at radius 2 is 2.18 bits per heavy atom. The number of nitrogens with one attached hydrogen (secondary N) is 3. The fourth-order valence-corrected chi connectivity index (χ4v) is 1.73. The molecular formula is C7H15N3S. The van der Waals surface area contributed by atoms with Crippen LogP contribution in [0, 0.1) is 0 Å². The van der Waals surface area contributed by atoms with Gasteiger partial charge in [-0.3, -0.25) is 5.43 Å². The molecule has 1 atom stereocenters. The van der Waals surface area contributed by atoms with Crippen molar-refractivity contribution in [1.29, 1.82) is 0 Å². The van der Waals surface area contributed by atoms with E-state index in [2.05, 4.69) is 36.9 Å². The van der Waals surface area contributed by atoms with Crippen LogP contribution in [0.2, 0.25) is 0 Å². The van der Waals surface area contributed by atoms with Gasteiger partial charge in [0.15, 0.2) is 5.11 Å². The van der Waals surface area contributed by atoms with Crippen molar-refractivity contribution in [2.45, 2.75) is 38.8 Å². The highest BCUT2D eigenvalue weighted by Gasteiger charge is 2.24. The first-order valence-electron chi connectivity index (χ1n) is 3.83. The van der Waals surface area contributed by atoms with Gasteiger partial charge in [-0.15, -0.1) is 0 Å². The molecule has 11 heavy (non-hydrogen) atoms. The van der Waals surface area contributed by atoms with Crippen LogP contribution in [0.4, 0.5) is 0 Å². The second-order valence-corrected chi connectivity index (χ2v) is 4.12. The highest BCUT2D eigenvalue weighted by atomic mass is 32.1. The van der Waals surface area contributed by atoms with Crippen LogP contribution in [-0.2, 0) is 0 Å². The average molecular weight is 173 g/mol. The fraction of sp³-hybridized carbons (Fsp3) is 0.857. The molecule has 0 spiro atoms. The molecule has 64 valence electrons. The monoisotopic (exact) mass is 173 g/mol. The van der Waals surface area contributed by atoms with E-state index in [0.29, 0.717) is 11.2 Å². The summed E-state index contributed by atoms with van der Waals surface area (Å²) in [6, 6.07) is 0.443. The van der Waals surface area contributed by atoms with E-state index in [9.17, 15) is 0 Å². The zero-order valence-corrected chi connectivity index (χ0v) is 8.01. The number of hydrogen-bond acceptors (Lipinski definition) is 2. The van der Waals surface area contributed by atoms with Gasteiger partial charge in [-0.05, 0) is 39.4 Å². The molecule has 1 aliphatic heterocycles. The van der Waals surface area contributed by atoms with Gasteiger partial charge in [-0.2, -0.15) is 0 Å². The molecule has 1 heterocycles. The third-order valence-electron chi connectivity index (χ3n) is 1.70. The minimum Gasteiger partial charge on any atom is -0.357 e. The summed E-state index contributed by atoms with van der Waals surface area (Å²) < 4.78 is 0.